The van der Waals surface area contributed by atoms with Gasteiger partial charge in [0, 0.05) is 19.1 Å². The van der Waals surface area contributed by atoms with Crippen molar-refractivity contribution in [3.8, 4) is 0 Å². The van der Waals surface area contributed by atoms with Gasteiger partial charge in [-0.1, -0.05) is 12.1 Å². The number of nitrogens with zero attached hydrogens (tertiary/aromatic N) is 1. The lowest BCUT2D eigenvalue weighted by molar-refractivity contribution is 0.0304. The van der Waals surface area contributed by atoms with Gasteiger partial charge in [-0.2, -0.15) is 0 Å². The van der Waals surface area contributed by atoms with Crippen LogP contribution in [0.1, 0.15) is 32.3 Å². The van der Waals surface area contributed by atoms with Gasteiger partial charge in [0.1, 0.15) is 5.82 Å². The monoisotopic (exact) mass is 237 g/mol. The average molecular weight is 237 g/mol. The average Bonchev–Trinajstić information content (AvgIpc) is 2.97. The van der Waals surface area contributed by atoms with Crippen LogP contribution in [0.4, 0.5) is 4.39 Å². The molecule has 94 valence electrons. The predicted octanol–water partition coefficient (Wildman–Crippen LogP) is 2.56. The third-order valence-corrected chi connectivity index (χ3v) is 2.93. The highest BCUT2D eigenvalue weighted by Gasteiger charge is 2.32. The van der Waals surface area contributed by atoms with Crippen LogP contribution < -0.4 is 0 Å². The largest absolute Gasteiger partial charge is 0.389 e. The molecule has 1 aromatic rings. The van der Waals surface area contributed by atoms with Crippen LogP contribution in [0.15, 0.2) is 24.3 Å². The predicted molar refractivity (Wildman–Crippen MR) is 66.1 cm³/mol. The standard InChI is InChI=1S/C14H20FNO/c1-14(2,17)10-16(13-6-7-13)9-11-4-3-5-12(15)8-11/h3-5,8,13,17H,6-7,9-10H2,1-2H3. The highest BCUT2D eigenvalue weighted by Crippen LogP contribution is 2.29. The minimum Gasteiger partial charge on any atom is -0.389 e. The number of hydrogen-bond acceptors (Lipinski definition) is 2. The molecule has 0 amide bonds. The zero-order valence-electron chi connectivity index (χ0n) is 10.5. The Balaban J connectivity index is 2.02. The first-order chi connectivity index (χ1) is 7.94. The van der Waals surface area contributed by atoms with Crippen molar-refractivity contribution in [3.05, 3.63) is 35.6 Å². The van der Waals surface area contributed by atoms with Crippen molar-refractivity contribution >= 4 is 0 Å². The number of rotatable bonds is 5. The van der Waals surface area contributed by atoms with E-state index in [1.54, 1.807) is 12.1 Å². The molecule has 2 rings (SSSR count). The number of benzene rings is 1. The molecule has 0 saturated heterocycles. The van der Waals surface area contributed by atoms with E-state index in [4.69, 9.17) is 0 Å². The van der Waals surface area contributed by atoms with Gasteiger partial charge < -0.3 is 5.11 Å². The third kappa shape index (κ3) is 4.10. The second-order valence-corrected chi connectivity index (χ2v) is 5.58. The Bertz CT molecular complexity index is 382. The second kappa shape index (κ2) is 4.75. The SMILES string of the molecule is CC(C)(O)CN(Cc1cccc(F)c1)C1CC1. The molecule has 1 aliphatic rings. The first-order valence-corrected chi connectivity index (χ1v) is 6.15. The molecule has 17 heavy (non-hydrogen) atoms. The summed E-state index contributed by atoms with van der Waals surface area (Å²) in [6, 6.07) is 7.26. The van der Waals surface area contributed by atoms with Crippen molar-refractivity contribution in [2.45, 2.75) is 44.9 Å². The van der Waals surface area contributed by atoms with Crippen molar-refractivity contribution in [2.24, 2.45) is 0 Å². The summed E-state index contributed by atoms with van der Waals surface area (Å²) in [7, 11) is 0. The molecule has 1 fully saturated rings. The highest BCUT2D eigenvalue weighted by atomic mass is 19.1. The van der Waals surface area contributed by atoms with E-state index < -0.39 is 5.60 Å². The van der Waals surface area contributed by atoms with Crippen LogP contribution in [0.2, 0.25) is 0 Å². The molecule has 2 nitrogen and oxygen atoms in total. The van der Waals surface area contributed by atoms with Crippen molar-refractivity contribution < 1.29 is 9.50 Å². The highest BCUT2D eigenvalue weighted by molar-refractivity contribution is 5.16. The molecule has 1 N–H and O–H groups in total. The molecule has 0 aromatic heterocycles. The lowest BCUT2D eigenvalue weighted by Gasteiger charge is -2.29. The van der Waals surface area contributed by atoms with Crippen LogP contribution in [0.5, 0.6) is 0 Å². The summed E-state index contributed by atoms with van der Waals surface area (Å²) in [6.45, 7) is 4.97. The van der Waals surface area contributed by atoms with Gasteiger partial charge in [0.15, 0.2) is 0 Å². The zero-order valence-corrected chi connectivity index (χ0v) is 10.5. The summed E-state index contributed by atoms with van der Waals surface area (Å²) in [4.78, 5) is 2.24. The molecule has 3 heteroatoms. The maximum absolute atomic E-state index is 13.1. The van der Waals surface area contributed by atoms with E-state index in [0.29, 0.717) is 19.1 Å². The van der Waals surface area contributed by atoms with Crippen molar-refractivity contribution in [2.75, 3.05) is 6.54 Å². The smallest absolute Gasteiger partial charge is 0.123 e. The maximum atomic E-state index is 13.1. The van der Waals surface area contributed by atoms with E-state index >= 15 is 0 Å². The molecular formula is C14H20FNO. The summed E-state index contributed by atoms with van der Waals surface area (Å²) in [5, 5.41) is 9.88. The third-order valence-electron chi connectivity index (χ3n) is 2.93. The van der Waals surface area contributed by atoms with Gasteiger partial charge in [0.05, 0.1) is 5.60 Å². The van der Waals surface area contributed by atoms with E-state index in [1.807, 2.05) is 19.9 Å². The van der Waals surface area contributed by atoms with Gasteiger partial charge in [0.2, 0.25) is 0 Å². The minimum atomic E-state index is -0.698. The van der Waals surface area contributed by atoms with Gasteiger partial charge in [-0.15, -0.1) is 0 Å². The Hall–Kier alpha value is -0.930. The number of aliphatic hydroxyl groups is 1. The Kier molecular flexibility index (Phi) is 3.50. The lowest BCUT2D eigenvalue weighted by Crippen LogP contribution is -2.39. The Labute approximate surface area is 102 Å². The lowest BCUT2D eigenvalue weighted by atomic mass is 10.1. The fraction of sp³-hybridized carbons (Fsp3) is 0.571. The Morgan fingerprint density at radius 3 is 2.65 bits per heavy atom. The van der Waals surface area contributed by atoms with Gasteiger partial charge in [-0.25, -0.2) is 4.39 Å². The van der Waals surface area contributed by atoms with Crippen LogP contribution in [0, 0.1) is 5.82 Å². The fourth-order valence-electron chi connectivity index (χ4n) is 2.12. The van der Waals surface area contributed by atoms with Crippen molar-refractivity contribution in [1.29, 1.82) is 0 Å². The van der Waals surface area contributed by atoms with E-state index in [1.165, 1.54) is 18.9 Å². The molecule has 0 atom stereocenters. The first-order valence-electron chi connectivity index (χ1n) is 6.15. The molecule has 1 aliphatic carbocycles. The van der Waals surface area contributed by atoms with E-state index in [2.05, 4.69) is 4.90 Å². The minimum absolute atomic E-state index is 0.193. The van der Waals surface area contributed by atoms with E-state index in [0.717, 1.165) is 5.56 Å². The topological polar surface area (TPSA) is 23.5 Å². The Morgan fingerprint density at radius 2 is 2.12 bits per heavy atom. The summed E-state index contributed by atoms with van der Waals surface area (Å²) in [5.41, 5.74) is 0.275. The molecular weight excluding hydrogens is 217 g/mol. The van der Waals surface area contributed by atoms with Gasteiger partial charge >= 0.3 is 0 Å². The second-order valence-electron chi connectivity index (χ2n) is 5.58. The van der Waals surface area contributed by atoms with Gasteiger partial charge in [-0.05, 0) is 44.4 Å². The summed E-state index contributed by atoms with van der Waals surface area (Å²) in [6.07, 6.45) is 2.37. The molecule has 0 radical (unpaired) electrons. The van der Waals surface area contributed by atoms with E-state index in [9.17, 15) is 9.50 Å². The zero-order chi connectivity index (χ0) is 12.5. The summed E-state index contributed by atoms with van der Waals surface area (Å²) in [5.74, 6) is -0.193. The quantitative estimate of drug-likeness (QED) is 0.850. The number of hydrogen-bond donors (Lipinski definition) is 1. The maximum Gasteiger partial charge on any atom is 0.123 e. The molecule has 0 heterocycles. The van der Waals surface area contributed by atoms with Crippen LogP contribution in [-0.2, 0) is 6.54 Å². The van der Waals surface area contributed by atoms with Crippen LogP contribution >= 0.6 is 0 Å². The number of halogens is 1. The molecule has 0 bridgehead atoms. The first kappa shape index (κ1) is 12.5. The molecule has 0 unspecified atom stereocenters. The summed E-state index contributed by atoms with van der Waals surface area (Å²) >= 11 is 0. The van der Waals surface area contributed by atoms with Crippen molar-refractivity contribution in [3.63, 3.8) is 0 Å². The normalized spacial score (nSPS) is 16.5. The van der Waals surface area contributed by atoms with Gasteiger partial charge in [0.25, 0.3) is 0 Å². The fourth-order valence-corrected chi connectivity index (χ4v) is 2.12. The van der Waals surface area contributed by atoms with Crippen molar-refractivity contribution in [1.82, 2.24) is 4.90 Å². The van der Waals surface area contributed by atoms with Crippen LogP contribution in [0.25, 0.3) is 0 Å². The van der Waals surface area contributed by atoms with E-state index in [-0.39, 0.29) is 5.82 Å². The Morgan fingerprint density at radius 1 is 1.41 bits per heavy atom. The van der Waals surface area contributed by atoms with Gasteiger partial charge in [-0.3, -0.25) is 4.90 Å². The summed E-state index contributed by atoms with van der Waals surface area (Å²) < 4.78 is 13.1. The molecule has 0 spiro atoms. The molecule has 1 saturated carbocycles. The van der Waals surface area contributed by atoms with Crippen LogP contribution in [0.3, 0.4) is 0 Å². The van der Waals surface area contributed by atoms with Crippen LogP contribution in [-0.4, -0.2) is 28.2 Å². The molecule has 0 aliphatic heterocycles. The molecule has 1 aromatic carbocycles.